The third-order valence-electron chi connectivity index (χ3n) is 7.62. The molecule has 0 saturated carbocycles. The summed E-state index contributed by atoms with van der Waals surface area (Å²) >= 11 is 0. The molecule has 0 amide bonds. The van der Waals surface area contributed by atoms with E-state index < -0.39 is 0 Å². The molecule has 0 rings (SSSR count). The zero-order valence-electron chi connectivity index (χ0n) is 24.7. The molecule has 0 fully saturated rings. The van der Waals surface area contributed by atoms with Crippen molar-refractivity contribution in [3.63, 3.8) is 0 Å². The third-order valence-corrected chi connectivity index (χ3v) is 7.62. The second-order valence-electron chi connectivity index (χ2n) is 11.4. The monoisotopic (exact) mass is 495 g/mol. The fourth-order valence-corrected chi connectivity index (χ4v) is 5.19. The first-order chi connectivity index (χ1) is 17.2. The van der Waals surface area contributed by atoms with Crippen molar-refractivity contribution in [2.45, 2.75) is 194 Å². The Bertz CT molecular complexity index is 406. The second kappa shape index (κ2) is 29.7. The van der Waals surface area contributed by atoms with Gasteiger partial charge in [-0.3, -0.25) is 4.79 Å². The lowest BCUT2D eigenvalue weighted by molar-refractivity contribution is -0.143. The normalized spacial score (nSPS) is 12.2. The van der Waals surface area contributed by atoms with Gasteiger partial charge in [0.25, 0.3) is 0 Å². The SMILES string of the molecule is CCCCCCCCCCCCCCCC(=O)OCCCCCCCCCCCCC(C)CCC. The Morgan fingerprint density at radius 3 is 1.34 bits per heavy atom. The van der Waals surface area contributed by atoms with Gasteiger partial charge in [-0.15, -0.1) is 0 Å². The van der Waals surface area contributed by atoms with E-state index in [9.17, 15) is 4.79 Å². The van der Waals surface area contributed by atoms with Crippen LogP contribution >= 0.6 is 0 Å². The Labute approximate surface area is 222 Å². The van der Waals surface area contributed by atoms with Gasteiger partial charge in [-0.25, -0.2) is 0 Å². The van der Waals surface area contributed by atoms with E-state index in [4.69, 9.17) is 4.74 Å². The summed E-state index contributed by atoms with van der Waals surface area (Å²) in [6.07, 6.45) is 35.6. The van der Waals surface area contributed by atoms with E-state index in [1.54, 1.807) is 0 Å². The van der Waals surface area contributed by atoms with Crippen molar-refractivity contribution in [1.82, 2.24) is 0 Å². The first-order valence-corrected chi connectivity index (χ1v) is 16.4. The van der Waals surface area contributed by atoms with E-state index >= 15 is 0 Å². The quantitative estimate of drug-likeness (QED) is 0.0763. The molecule has 0 aromatic carbocycles. The van der Waals surface area contributed by atoms with Gasteiger partial charge in [-0.05, 0) is 18.8 Å². The van der Waals surface area contributed by atoms with Crippen molar-refractivity contribution in [3.05, 3.63) is 0 Å². The average Bonchev–Trinajstić information content (AvgIpc) is 2.85. The van der Waals surface area contributed by atoms with Crippen molar-refractivity contribution in [1.29, 1.82) is 0 Å². The van der Waals surface area contributed by atoms with E-state index in [1.165, 1.54) is 154 Å². The Morgan fingerprint density at radius 1 is 0.486 bits per heavy atom. The van der Waals surface area contributed by atoms with Gasteiger partial charge < -0.3 is 4.74 Å². The highest BCUT2D eigenvalue weighted by Crippen LogP contribution is 2.17. The Morgan fingerprint density at radius 2 is 0.886 bits per heavy atom. The van der Waals surface area contributed by atoms with Crippen LogP contribution in [0.1, 0.15) is 194 Å². The molecular weight excluding hydrogens is 428 g/mol. The zero-order chi connectivity index (χ0) is 25.7. The topological polar surface area (TPSA) is 26.3 Å². The van der Waals surface area contributed by atoms with E-state index in [0.29, 0.717) is 13.0 Å². The summed E-state index contributed by atoms with van der Waals surface area (Å²) in [4.78, 5) is 11.9. The summed E-state index contributed by atoms with van der Waals surface area (Å²) in [6, 6.07) is 0. The largest absolute Gasteiger partial charge is 0.466 e. The predicted octanol–water partition coefficient (Wildman–Crippen LogP) is 11.7. The Kier molecular flexibility index (Phi) is 29.2. The summed E-state index contributed by atoms with van der Waals surface area (Å²) in [5.74, 6) is 0.954. The molecule has 0 N–H and O–H groups in total. The molecule has 0 bridgehead atoms. The molecule has 0 saturated heterocycles. The van der Waals surface area contributed by atoms with Crippen LogP contribution in [0.4, 0.5) is 0 Å². The number of rotatable bonds is 29. The van der Waals surface area contributed by atoms with Crippen molar-refractivity contribution in [2.75, 3.05) is 6.61 Å². The molecule has 1 atom stereocenters. The summed E-state index contributed by atoms with van der Waals surface area (Å²) in [5, 5.41) is 0. The molecule has 0 heterocycles. The lowest BCUT2D eigenvalue weighted by Gasteiger charge is -2.09. The predicted molar refractivity (Wildman–Crippen MR) is 156 cm³/mol. The molecule has 1 unspecified atom stereocenters. The van der Waals surface area contributed by atoms with Crippen LogP contribution in [0.5, 0.6) is 0 Å². The lowest BCUT2D eigenvalue weighted by atomic mass is 9.98. The molecule has 0 aliphatic rings. The van der Waals surface area contributed by atoms with E-state index in [2.05, 4.69) is 20.8 Å². The summed E-state index contributed by atoms with van der Waals surface area (Å²) < 4.78 is 5.42. The number of carbonyl (C=O) groups excluding carboxylic acids is 1. The molecular formula is C33H66O2. The number of carbonyl (C=O) groups is 1. The van der Waals surface area contributed by atoms with Crippen LogP contribution in [-0.4, -0.2) is 12.6 Å². The molecule has 2 heteroatoms. The number of unbranched alkanes of at least 4 members (excludes halogenated alkanes) is 21. The maximum atomic E-state index is 11.9. The van der Waals surface area contributed by atoms with Gasteiger partial charge in [-0.1, -0.05) is 175 Å². The minimum Gasteiger partial charge on any atom is -0.466 e. The summed E-state index contributed by atoms with van der Waals surface area (Å²) in [7, 11) is 0. The van der Waals surface area contributed by atoms with E-state index in [-0.39, 0.29) is 5.97 Å². The maximum Gasteiger partial charge on any atom is 0.305 e. The lowest BCUT2D eigenvalue weighted by Crippen LogP contribution is -2.05. The van der Waals surface area contributed by atoms with Crippen molar-refractivity contribution in [3.8, 4) is 0 Å². The van der Waals surface area contributed by atoms with Crippen LogP contribution in [0.2, 0.25) is 0 Å². The van der Waals surface area contributed by atoms with Crippen molar-refractivity contribution >= 4 is 5.97 Å². The molecule has 210 valence electrons. The van der Waals surface area contributed by atoms with Gasteiger partial charge in [-0.2, -0.15) is 0 Å². The molecule has 35 heavy (non-hydrogen) atoms. The molecule has 0 aliphatic carbocycles. The minimum atomic E-state index is 0.0251. The van der Waals surface area contributed by atoms with E-state index in [0.717, 1.165) is 18.8 Å². The summed E-state index contributed by atoms with van der Waals surface area (Å²) in [5.41, 5.74) is 0. The van der Waals surface area contributed by atoms with Crippen LogP contribution < -0.4 is 0 Å². The van der Waals surface area contributed by atoms with Crippen LogP contribution in [-0.2, 0) is 9.53 Å². The van der Waals surface area contributed by atoms with Gasteiger partial charge in [0.05, 0.1) is 6.61 Å². The Balaban J connectivity index is 3.17. The third kappa shape index (κ3) is 29.6. The minimum absolute atomic E-state index is 0.0251. The van der Waals surface area contributed by atoms with E-state index in [1.807, 2.05) is 0 Å². The summed E-state index contributed by atoms with van der Waals surface area (Å²) in [6.45, 7) is 7.62. The zero-order valence-corrected chi connectivity index (χ0v) is 24.7. The van der Waals surface area contributed by atoms with Crippen LogP contribution in [0.15, 0.2) is 0 Å². The standard InChI is InChI=1S/C33H66O2/c1-4-6-7-8-9-10-11-12-13-17-20-23-26-30-33(34)35-31-27-24-21-18-15-14-16-19-22-25-29-32(3)28-5-2/h32H,4-31H2,1-3H3. The smallest absolute Gasteiger partial charge is 0.305 e. The second-order valence-corrected chi connectivity index (χ2v) is 11.4. The van der Waals surface area contributed by atoms with Gasteiger partial charge in [0, 0.05) is 6.42 Å². The number of hydrogen-bond donors (Lipinski definition) is 0. The first kappa shape index (κ1) is 34.5. The highest BCUT2D eigenvalue weighted by Gasteiger charge is 2.03. The maximum absolute atomic E-state index is 11.9. The van der Waals surface area contributed by atoms with Crippen LogP contribution in [0.3, 0.4) is 0 Å². The molecule has 0 radical (unpaired) electrons. The number of esters is 1. The van der Waals surface area contributed by atoms with Gasteiger partial charge in [0.15, 0.2) is 0 Å². The number of ether oxygens (including phenoxy) is 1. The van der Waals surface area contributed by atoms with Gasteiger partial charge in [0.2, 0.25) is 0 Å². The highest BCUT2D eigenvalue weighted by molar-refractivity contribution is 5.69. The molecule has 0 spiro atoms. The molecule has 0 aliphatic heterocycles. The molecule has 0 aromatic heterocycles. The average molecular weight is 495 g/mol. The van der Waals surface area contributed by atoms with Gasteiger partial charge in [0.1, 0.15) is 0 Å². The van der Waals surface area contributed by atoms with Crippen LogP contribution in [0.25, 0.3) is 0 Å². The van der Waals surface area contributed by atoms with Gasteiger partial charge >= 0.3 is 5.97 Å². The first-order valence-electron chi connectivity index (χ1n) is 16.4. The Hall–Kier alpha value is -0.530. The number of hydrogen-bond acceptors (Lipinski definition) is 2. The highest BCUT2D eigenvalue weighted by atomic mass is 16.5. The molecule has 0 aromatic rings. The van der Waals surface area contributed by atoms with Crippen molar-refractivity contribution in [2.24, 2.45) is 5.92 Å². The molecule has 2 nitrogen and oxygen atoms in total. The van der Waals surface area contributed by atoms with Crippen LogP contribution in [0, 0.1) is 5.92 Å². The fraction of sp³-hybridized carbons (Fsp3) is 0.970. The van der Waals surface area contributed by atoms with Crippen molar-refractivity contribution < 1.29 is 9.53 Å². The fourth-order valence-electron chi connectivity index (χ4n) is 5.19.